The van der Waals surface area contributed by atoms with Gasteiger partial charge in [0.05, 0.1) is 0 Å². The molecule has 0 radical (unpaired) electrons. The summed E-state index contributed by atoms with van der Waals surface area (Å²) in [5.74, 6) is 2.00. The van der Waals surface area contributed by atoms with Gasteiger partial charge in [-0.2, -0.15) is 0 Å². The van der Waals surface area contributed by atoms with Gasteiger partial charge < -0.3 is 15.4 Å². The molecule has 0 saturated carbocycles. The van der Waals surface area contributed by atoms with E-state index in [2.05, 4.69) is 31.4 Å². The number of rotatable bonds is 5. The van der Waals surface area contributed by atoms with Crippen LogP contribution >= 0.6 is 0 Å². The topological polar surface area (TPSA) is 50.4 Å². The van der Waals surface area contributed by atoms with Crippen LogP contribution in [0.3, 0.4) is 0 Å². The second kappa shape index (κ2) is 8.92. The molecule has 1 aromatic carbocycles. The smallest absolute Gasteiger partial charge is 0.407 e. The number of nitrogens with one attached hydrogen (secondary N) is 2. The van der Waals surface area contributed by atoms with Crippen LogP contribution in [0.1, 0.15) is 39.2 Å². The number of benzene rings is 1. The maximum absolute atomic E-state index is 11.9. The molecule has 1 aliphatic rings. The van der Waals surface area contributed by atoms with Gasteiger partial charge in [0, 0.05) is 6.04 Å². The molecule has 2 rings (SSSR count). The van der Waals surface area contributed by atoms with Crippen LogP contribution in [0, 0.1) is 17.8 Å². The predicted molar refractivity (Wildman–Crippen MR) is 93.1 cm³/mol. The highest BCUT2D eigenvalue weighted by molar-refractivity contribution is 5.67. The fraction of sp³-hybridized carbons (Fsp3) is 0.632. The summed E-state index contributed by atoms with van der Waals surface area (Å²) in [6.07, 6.45) is 1.86. The first-order chi connectivity index (χ1) is 11.1. The van der Waals surface area contributed by atoms with Crippen LogP contribution in [0.4, 0.5) is 4.79 Å². The van der Waals surface area contributed by atoms with Crippen LogP contribution in [0.15, 0.2) is 30.3 Å². The van der Waals surface area contributed by atoms with Crippen LogP contribution in [0.2, 0.25) is 0 Å². The Morgan fingerprint density at radius 1 is 1.35 bits per heavy atom. The standard InChI is InChI=1S/C19H30N2O2/c1-14-12-20-10-9-18(16(14)3)11-15(2)21-19(22)23-13-17-7-5-4-6-8-17/h4-8,14-16,18,20H,9-13H2,1-3H3,(H,21,22). The summed E-state index contributed by atoms with van der Waals surface area (Å²) in [4.78, 5) is 11.9. The molecule has 0 aromatic heterocycles. The highest BCUT2D eigenvalue weighted by Crippen LogP contribution is 2.29. The third-order valence-corrected chi connectivity index (χ3v) is 5.03. The average molecular weight is 318 g/mol. The monoisotopic (exact) mass is 318 g/mol. The third-order valence-electron chi connectivity index (χ3n) is 5.03. The van der Waals surface area contributed by atoms with Gasteiger partial charge >= 0.3 is 6.09 Å². The molecule has 4 nitrogen and oxygen atoms in total. The van der Waals surface area contributed by atoms with Crippen molar-refractivity contribution in [3.63, 3.8) is 0 Å². The van der Waals surface area contributed by atoms with E-state index in [9.17, 15) is 4.79 Å². The largest absolute Gasteiger partial charge is 0.445 e. The van der Waals surface area contributed by atoms with E-state index in [1.54, 1.807) is 0 Å². The Morgan fingerprint density at radius 3 is 2.83 bits per heavy atom. The van der Waals surface area contributed by atoms with E-state index in [1.807, 2.05) is 30.3 Å². The van der Waals surface area contributed by atoms with E-state index in [0.717, 1.165) is 25.1 Å². The summed E-state index contributed by atoms with van der Waals surface area (Å²) in [5.41, 5.74) is 1.01. The lowest BCUT2D eigenvalue weighted by atomic mass is 9.80. The zero-order chi connectivity index (χ0) is 16.7. The summed E-state index contributed by atoms with van der Waals surface area (Å²) >= 11 is 0. The van der Waals surface area contributed by atoms with E-state index in [1.165, 1.54) is 6.42 Å². The molecule has 1 saturated heterocycles. The number of carbonyl (C=O) groups is 1. The van der Waals surface area contributed by atoms with Crippen molar-refractivity contribution in [2.45, 2.75) is 46.3 Å². The molecule has 4 atom stereocenters. The van der Waals surface area contributed by atoms with Gasteiger partial charge in [0.1, 0.15) is 6.61 Å². The second-order valence-electron chi connectivity index (χ2n) is 6.93. The molecule has 128 valence electrons. The van der Waals surface area contributed by atoms with Crippen LogP contribution in [0.25, 0.3) is 0 Å². The predicted octanol–water partition coefficient (Wildman–Crippen LogP) is 3.57. The number of hydrogen-bond donors (Lipinski definition) is 2. The highest BCUT2D eigenvalue weighted by Gasteiger charge is 2.27. The van der Waals surface area contributed by atoms with Crippen molar-refractivity contribution >= 4 is 6.09 Å². The molecule has 4 heteroatoms. The van der Waals surface area contributed by atoms with E-state index in [0.29, 0.717) is 24.4 Å². The van der Waals surface area contributed by atoms with Gasteiger partial charge in [-0.1, -0.05) is 44.2 Å². The first-order valence-corrected chi connectivity index (χ1v) is 8.74. The summed E-state index contributed by atoms with van der Waals surface area (Å²) < 4.78 is 5.30. The Hall–Kier alpha value is -1.55. The number of hydrogen-bond acceptors (Lipinski definition) is 3. The minimum atomic E-state index is -0.325. The first kappa shape index (κ1) is 17.8. The minimum Gasteiger partial charge on any atom is -0.445 e. The SMILES string of the molecule is CC(CC1CCNCC(C)C1C)NC(=O)OCc1ccccc1. The van der Waals surface area contributed by atoms with Gasteiger partial charge in [-0.3, -0.25) is 0 Å². The van der Waals surface area contributed by atoms with Crippen LogP contribution < -0.4 is 10.6 Å². The Labute approximate surface area is 140 Å². The van der Waals surface area contributed by atoms with Gasteiger partial charge in [0.2, 0.25) is 0 Å². The Bertz CT molecular complexity index is 478. The molecule has 0 bridgehead atoms. The Balaban J connectivity index is 1.74. The maximum atomic E-state index is 11.9. The Kier molecular flexibility index (Phi) is 6.90. The lowest BCUT2D eigenvalue weighted by Crippen LogP contribution is -2.36. The zero-order valence-electron chi connectivity index (χ0n) is 14.5. The van der Waals surface area contributed by atoms with Crippen molar-refractivity contribution in [1.82, 2.24) is 10.6 Å². The quantitative estimate of drug-likeness (QED) is 0.872. The lowest BCUT2D eigenvalue weighted by Gasteiger charge is -2.28. The summed E-state index contributed by atoms with van der Waals surface area (Å²) in [7, 11) is 0. The van der Waals surface area contributed by atoms with E-state index in [-0.39, 0.29) is 12.1 Å². The van der Waals surface area contributed by atoms with Gasteiger partial charge in [-0.25, -0.2) is 4.79 Å². The molecular formula is C19H30N2O2. The molecule has 1 aliphatic heterocycles. The number of alkyl carbamates (subject to hydrolysis) is 1. The normalized spacial score (nSPS) is 26.1. The van der Waals surface area contributed by atoms with Gasteiger partial charge in [-0.05, 0) is 56.2 Å². The summed E-state index contributed by atoms with van der Waals surface area (Å²) in [6, 6.07) is 9.89. The molecule has 4 unspecified atom stereocenters. The van der Waals surface area contributed by atoms with Crippen molar-refractivity contribution in [1.29, 1.82) is 0 Å². The minimum absolute atomic E-state index is 0.135. The molecule has 0 spiro atoms. The highest BCUT2D eigenvalue weighted by atomic mass is 16.5. The van der Waals surface area contributed by atoms with Crippen LogP contribution in [-0.2, 0) is 11.3 Å². The maximum Gasteiger partial charge on any atom is 0.407 e. The zero-order valence-corrected chi connectivity index (χ0v) is 14.5. The third kappa shape index (κ3) is 5.87. The van der Waals surface area contributed by atoms with Gasteiger partial charge in [0.15, 0.2) is 0 Å². The van der Waals surface area contributed by atoms with Crippen LogP contribution in [-0.4, -0.2) is 25.2 Å². The molecule has 1 aromatic rings. The van der Waals surface area contributed by atoms with E-state index in [4.69, 9.17) is 4.74 Å². The molecule has 2 N–H and O–H groups in total. The van der Waals surface area contributed by atoms with E-state index >= 15 is 0 Å². The number of ether oxygens (including phenoxy) is 1. The fourth-order valence-corrected chi connectivity index (χ4v) is 3.34. The molecule has 23 heavy (non-hydrogen) atoms. The number of carbonyl (C=O) groups excluding carboxylic acids is 1. The second-order valence-corrected chi connectivity index (χ2v) is 6.93. The average Bonchev–Trinajstić information content (AvgIpc) is 2.69. The summed E-state index contributed by atoms with van der Waals surface area (Å²) in [6.45, 7) is 9.20. The van der Waals surface area contributed by atoms with Crippen molar-refractivity contribution in [2.75, 3.05) is 13.1 Å². The fourth-order valence-electron chi connectivity index (χ4n) is 3.34. The number of amides is 1. The molecule has 1 fully saturated rings. The van der Waals surface area contributed by atoms with Crippen molar-refractivity contribution in [2.24, 2.45) is 17.8 Å². The van der Waals surface area contributed by atoms with Crippen LogP contribution in [0.5, 0.6) is 0 Å². The molecule has 1 amide bonds. The molecule has 0 aliphatic carbocycles. The first-order valence-electron chi connectivity index (χ1n) is 8.74. The molecular weight excluding hydrogens is 288 g/mol. The lowest BCUT2D eigenvalue weighted by molar-refractivity contribution is 0.133. The molecule has 1 heterocycles. The Morgan fingerprint density at radius 2 is 2.09 bits per heavy atom. The van der Waals surface area contributed by atoms with Crippen molar-refractivity contribution < 1.29 is 9.53 Å². The summed E-state index contributed by atoms with van der Waals surface area (Å²) in [5, 5.41) is 6.47. The van der Waals surface area contributed by atoms with E-state index < -0.39 is 0 Å². The van der Waals surface area contributed by atoms with Crippen molar-refractivity contribution in [3.8, 4) is 0 Å². The van der Waals surface area contributed by atoms with Crippen molar-refractivity contribution in [3.05, 3.63) is 35.9 Å². The van der Waals surface area contributed by atoms with Gasteiger partial charge in [-0.15, -0.1) is 0 Å². The van der Waals surface area contributed by atoms with Gasteiger partial charge in [0.25, 0.3) is 0 Å².